The first kappa shape index (κ1) is 18.8. The molecule has 24 heavy (non-hydrogen) atoms. The molecule has 1 heterocycles. The summed E-state index contributed by atoms with van der Waals surface area (Å²) >= 11 is 0. The lowest BCUT2D eigenvalue weighted by atomic mass is 9.80. The minimum absolute atomic E-state index is 0.133. The number of carbonyl (C=O) groups is 1. The fourth-order valence-electron chi connectivity index (χ4n) is 3.74. The fraction of sp³-hybridized carbons (Fsp3) is 0.700. The van der Waals surface area contributed by atoms with Gasteiger partial charge < -0.3 is 9.47 Å². The Hall–Kier alpha value is -1.58. The summed E-state index contributed by atoms with van der Waals surface area (Å²) < 4.78 is 11.1. The second kappa shape index (κ2) is 9.05. The molecule has 0 N–H and O–H groups in total. The smallest absolute Gasteiger partial charge is 0.182 e. The van der Waals surface area contributed by atoms with Crippen LogP contribution in [-0.2, 0) is 0 Å². The number of fused-ring (bicyclic) bond motifs is 1. The summed E-state index contributed by atoms with van der Waals surface area (Å²) in [4.78, 5) is 16.9. The van der Waals surface area contributed by atoms with Crippen molar-refractivity contribution in [2.45, 2.75) is 77.6 Å². The average molecular weight is 333 g/mol. The number of unbranched alkanes of at least 4 members (excludes halogenated alkanes) is 5. The molecule has 0 spiro atoms. The molecule has 0 aromatic carbocycles. The number of hydrogen-bond donors (Lipinski definition) is 0. The van der Waals surface area contributed by atoms with Gasteiger partial charge >= 0.3 is 0 Å². The van der Waals surface area contributed by atoms with E-state index in [0.29, 0.717) is 29.5 Å². The SMILES string of the molecule is CCCCCCCCC1CCC(=O)c2nc(C)c(OC)c(OC)c21. The first-order valence-corrected chi connectivity index (χ1v) is 9.29. The highest BCUT2D eigenvalue weighted by molar-refractivity contribution is 5.98. The van der Waals surface area contributed by atoms with Crippen molar-refractivity contribution >= 4 is 5.78 Å². The van der Waals surface area contributed by atoms with Crippen LogP contribution in [0.4, 0.5) is 0 Å². The van der Waals surface area contributed by atoms with Crippen LogP contribution >= 0.6 is 0 Å². The number of aromatic nitrogens is 1. The number of nitrogens with zero attached hydrogens (tertiary/aromatic N) is 1. The van der Waals surface area contributed by atoms with E-state index in [9.17, 15) is 4.79 Å². The summed E-state index contributed by atoms with van der Waals surface area (Å²) in [7, 11) is 3.28. The van der Waals surface area contributed by atoms with Crippen LogP contribution in [-0.4, -0.2) is 25.0 Å². The van der Waals surface area contributed by atoms with E-state index in [1.54, 1.807) is 14.2 Å². The number of aryl methyl sites for hydroxylation is 1. The van der Waals surface area contributed by atoms with Gasteiger partial charge in [0.05, 0.1) is 19.9 Å². The number of pyridine rings is 1. The first-order valence-electron chi connectivity index (χ1n) is 9.29. The highest BCUT2D eigenvalue weighted by atomic mass is 16.5. The van der Waals surface area contributed by atoms with Gasteiger partial charge in [-0.3, -0.25) is 4.79 Å². The van der Waals surface area contributed by atoms with Gasteiger partial charge in [-0.05, 0) is 25.7 Å². The molecule has 0 saturated carbocycles. The van der Waals surface area contributed by atoms with Gasteiger partial charge in [-0.25, -0.2) is 4.98 Å². The van der Waals surface area contributed by atoms with Crippen LogP contribution in [0.15, 0.2) is 0 Å². The Morgan fingerprint density at radius 2 is 1.71 bits per heavy atom. The molecule has 0 aliphatic heterocycles. The molecule has 0 fully saturated rings. The van der Waals surface area contributed by atoms with E-state index < -0.39 is 0 Å². The van der Waals surface area contributed by atoms with Gasteiger partial charge in [0.2, 0.25) is 0 Å². The maximum absolute atomic E-state index is 12.3. The predicted octanol–water partition coefficient (Wildman–Crippen LogP) is 5.22. The molecule has 4 nitrogen and oxygen atoms in total. The monoisotopic (exact) mass is 333 g/mol. The molecule has 0 saturated heterocycles. The zero-order chi connectivity index (χ0) is 17.5. The van der Waals surface area contributed by atoms with Gasteiger partial charge in [0, 0.05) is 12.0 Å². The molecule has 1 unspecified atom stereocenters. The third kappa shape index (κ3) is 4.08. The van der Waals surface area contributed by atoms with Gasteiger partial charge in [0.1, 0.15) is 5.69 Å². The Labute approximate surface area is 146 Å². The van der Waals surface area contributed by atoms with Crippen LogP contribution < -0.4 is 9.47 Å². The summed E-state index contributed by atoms with van der Waals surface area (Å²) in [6.45, 7) is 4.11. The lowest BCUT2D eigenvalue weighted by molar-refractivity contribution is 0.0958. The topological polar surface area (TPSA) is 48.4 Å². The summed E-state index contributed by atoms with van der Waals surface area (Å²) in [5, 5.41) is 0. The minimum atomic E-state index is 0.133. The molecule has 1 aromatic rings. The Morgan fingerprint density at radius 1 is 1.04 bits per heavy atom. The van der Waals surface area contributed by atoms with Crippen molar-refractivity contribution in [2.24, 2.45) is 0 Å². The number of rotatable bonds is 9. The molecule has 134 valence electrons. The molecule has 2 rings (SSSR count). The van der Waals surface area contributed by atoms with Crippen LogP contribution in [0.5, 0.6) is 11.5 Å². The van der Waals surface area contributed by atoms with Crippen LogP contribution in [0.2, 0.25) is 0 Å². The van der Waals surface area contributed by atoms with Gasteiger partial charge in [-0.1, -0.05) is 45.4 Å². The largest absolute Gasteiger partial charge is 0.492 e. The third-order valence-electron chi connectivity index (χ3n) is 5.02. The number of hydrogen-bond acceptors (Lipinski definition) is 4. The first-order chi connectivity index (χ1) is 11.6. The van der Waals surface area contributed by atoms with Gasteiger partial charge in [0.15, 0.2) is 17.3 Å². The van der Waals surface area contributed by atoms with Crippen molar-refractivity contribution in [1.82, 2.24) is 4.98 Å². The highest BCUT2D eigenvalue weighted by Crippen LogP contribution is 2.45. The maximum atomic E-state index is 12.3. The molecule has 0 radical (unpaired) electrons. The van der Waals surface area contributed by atoms with Gasteiger partial charge in [-0.15, -0.1) is 0 Å². The van der Waals surface area contributed by atoms with E-state index in [4.69, 9.17) is 9.47 Å². The molecular formula is C20H31NO3. The average Bonchev–Trinajstić information content (AvgIpc) is 2.58. The Balaban J connectivity index is 2.17. The van der Waals surface area contributed by atoms with E-state index in [0.717, 1.165) is 24.1 Å². The highest BCUT2D eigenvalue weighted by Gasteiger charge is 2.32. The second-order valence-corrected chi connectivity index (χ2v) is 6.74. The van der Waals surface area contributed by atoms with E-state index in [-0.39, 0.29) is 5.78 Å². The maximum Gasteiger partial charge on any atom is 0.182 e. The molecule has 1 atom stereocenters. The number of carbonyl (C=O) groups excluding carboxylic acids is 1. The van der Waals surface area contributed by atoms with E-state index >= 15 is 0 Å². The van der Waals surface area contributed by atoms with E-state index in [1.807, 2.05) is 6.92 Å². The molecule has 4 heteroatoms. The van der Waals surface area contributed by atoms with E-state index in [1.165, 1.54) is 38.5 Å². The van der Waals surface area contributed by atoms with Crippen molar-refractivity contribution in [3.8, 4) is 11.5 Å². The Morgan fingerprint density at radius 3 is 2.38 bits per heavy atom. The van der Waals surface area contributed by atoms with Crippen LogP contribution in [0.3, 0.4) is 0 Å². The molecule has 0 bridgehead atoms. The molecule has 1 aliphatic carbocycles. The van der Waals surface area contributed by atoms with Gasteiger partial charge in [0.25, 0.3) is 0 Å². The van der Waals surface area contributed by atoms with Crippen molar-refractivity contribution in [1.29, 1.82) is 0 Å². The normalized spacial score (nSPS) is 16.8. The van der Waals surface area contributed by atoms with Gasteiger partial charge in [-0.2, -0.15) is 0 Å². The summed E-state index contributed by atoms with van der Waals surface area (Å²) in [5.74, 6) is 1.86. The number of ether oxygens (including phenoxy) is 2. The second-order valence-electron chi connectivity index (χ2n) is 6.74. The molecule has 1 aliphatic rings. The van der Waals surface area contributed by atoms with Crippen molar-refractivity contribution < 1.29 is 14.3 Å². The van der Waals surface area contributed by atoms with Crippen molar-refractivity contribution in [2.75, 3.05) is 14.2 Å². The molecular weight excluding hydrogens is 302 g/mol. The minimum Gasteiger partial charge on any atom is -0.492 e. The lowest BCUT2D eigenvalue weighted by Gasteiger charge is -2.27. The third-order valence-corrected chi connectivity index (χ3v) is 5.02. The van der Waals surface area contributed by atoms with Crippen LogP contribution in [0.25, 0.3) is 0 Å². The van der Waals surface area contributed by atoms with Crippen molar-refractivity contribution in [3.63, 3.8) is 0 Å². The number of methoxy groups -OCH3 is 2. The van der Waals surface area contributed by atoms with E-state index in [2.05, 4.69) is 11.9 Å². The zero-order valence-corrected chi connectivity index (χ0v) is 15.6. The van der Waals surface area contributed by atoms with Crippen molar-refractivity contribution in [3.05, 3.63) is 17.0 Å². The quantitative estimate of drug-likeness (QED) is 0.581. The summed E-state index contributed by atoms with van der Waals surface area (Å²) in [6, 6.07) is 0. The lowest BCUT2D eigenvalue weighted by Crippen LogP contribution is -2.20. The Bertz CT molecular complexity index is 568. The summed E-state index contributed by atoms with van der Waals surface area (Å²) in [5.41, 5.74) is 2.30. The number of ketones is 1. The predicted molar refractivity (Wildman–Crippen MR) is 96.4 cm³/mol. The number of Topliss-reactive ketones (excluding diaryl/α,β-unsaturated/α-hetero) is 1. The summed E-state index contributed by atoms with van der Waals surface area (Å²) in [6.07, 6.45) is 10.3. The van der Waals surface area contributed by atoms with Crippen LogP contribution in [0, 0.1) is 6.92 Å². The fourth-order valence-corrected chi connectivity index (χ4v) is 3.74. The zero-order valence-electron chi connectivity index (χ0n) is 15.6. The standard InChI is InChI=1S/C20H31NO3/c1-5-6-7-8-9-10-11-15-12-13-16(22)18-17(15)20(24-4)19(23-3)14(2)21-18/h15H,5-13H2,1-4H3. The Kier molecular flexibility index (Phi) is 7.07. The molecule has 0 amide bonds. The van der Waals surface area contributed by atoms with Crippen LogP contribution in [0.1, 0.15) is 92.4 Å². The molecule has 1 aromatic heterocycles.